The van der Waals surface area contributed by atoms with Gasteiger partial charge in [-0.3, -0.25) is 0 Å². The summed E-state index contributed by atoms with van der Waals surface area (Å²) in [6.07, 6.45) is -4.71. The van der Waals surface area contributed by atoms with Crippen LogP contribution < -0.4 is 0 Å². The Kier molecular flexibility index (Phi) is 4.18. The molecular formula is C14H11ClF4N2. The largest absolute Gasteiger partial charge is 0.417 e. The SMILES string of the molecule is CC(C)c1cc(Cl)nc(-c2ccc(F)cc2C(F)(F)F)n1. The van der Waals surface area contributed by atoms with Gasteiger partial charge in [0.2, 0.25) is 0 Å². The summed E-state index contributed by atoms with van der Waals surface area (Å²) in [5, 5.41) is 0.0427. The molecule has 1 aromatic carbocycles. The Bertz CT molecular complexity index is 669. The lowest BCUT2D eigenvalue weighted by molar-refractivity contribution is -0.137. The molecule has 0 saturated carbocycles. The van der Waals surface area contributed by atoms with Gasteiger partial charge in [0.15, 0.2) is 5.82 Å². The smallest absolute Gasteiger partial charge is 0.233 e. The Balaban J connectivity index is 2.67. The van der Waals surface area contributed by atoms with Crippen molar-refractivity contribution in [2.75, 3.05) is 0 Å². The van der Waals surface area contributed by atoms with Crippen LogP contribution in [0.25, 0.3) is 11.4 Å². The van der Waals surface area contributed by atoms with Crippen LogP contribution in [-0.2, 0) is 6.18 Å². The number of hydrogen-bond acceptors (Lipinski definition) is 2. The van der Waals surface area contributed by atoms with Crippen LogP contribution >= 0.6 is 11.6 Å². The molecule has 0 fully saturated rings. The highest BCUT2D eigenvalue weighted by atomic mass is 35.5. The van der Waals surface area contributed by atoms with Crippen molar-refractivity contribution in [3.8, 4) is 11.4 Å². The van der Waals surface area contributed by atoms with E-state index in [1.807, 2.05) is 13.8 Å². The van der Waals surface area contributed by atoms with Crippen LogP contribution in [0.5, 0.6) is 0 Å². The number of benzene rings is 1. The van der Waals surface area contributed by atoms with Crippen molar-refractivity contribution in [2.24, 2.45) is 0 Å². The number of nitrogens with zero attached hydrogens (tertiary/aromatic N) is 2. The molecule has 0 spiro atoms. The molecule has 0 aliphatic carbocycles. The second kappa shape index (κ2) is 5.60. The number of hydrogen-bond donors (Lipinski definition) is 0. The zero-order valence-corrected chi connectivity index (χ0v) is 11.9. The fraction of sp³-hybridized carbons (Fsp3) is 0.286. The van der Waals surface area contributed by atoms with Crippen LogP contribution in [0.15, 0.2) is 24.3 Å². The topological polar surface area (TPSA) is 25.8 Å². The van der Waals surface area contributed by atoms with Gasteiger partial charge in [-0.25, -0.2) is 14.4 Å². The highest BCUT2D eigenvalue weighted by Gasteiger charge is 2.35. The Morgan fingerprint density at radius 2 is 1.76 bits per heavy atom. The van der Waals surface area contributed by atoms with Gasteiger partial charge in [-0.2, -0.15) is 13.2 Å². The first-order valence-corrected chi connectivity index (χ1v) is 6.48. The van der Waals surface area contributed by atoms with Gasteiger partial charge in [0.1, 0.15) is 11.0 Å². The van der Waals surface area contributed by atoms with E-state index in [4.69, 9.17) is 11.6 Å². The van der Waals surface area contributed by atoms with Crippen molar-refractivity contribution < 1.29 is 17.6 Å². The average molecular weight is 319 g/mol. The zero-order valence-electron chi connectivity index (χ0n) is 11.2. The molecule has 0 aliphatic heterocycles. The van der Waals surface area contributed by atoms with Gasteiger partial charge in [0.05, 0.1) is 5.56 Å². The maximum absolute atomic E-state index is 13.1. The molecule has 1 aromatic heterocycles. The minimum Gasteiger partial charge on any atom is -0.233 e. The van der Waals surface area contributed by atoms with Crippen LogP contribution in [0.2, 0.25) is 5.15 Å². The van der Waals surface area contributed by atoms with E-state index >= 15 is 0 Å². The van der Waals surface area contributed by atoms with E-state index in [2.05, 4.69) is 9.97 Å². The molecule has 0 amide bonds. The highest BCUT2D eigenvalue weighted by molar-refractivity contribution is 6.29. The van der Waals surface area contributed by atoms with Crippen molar-refractivity contribution in [1.82, 2.24) is 9.97 Å². The lowest BCUT2D eigenvalue weighted by atomic mass is 10.1. The minimum atomic E-state index is -4.71. The number of halogens is 5. The summed E-state index contributed by atoms with van der Waals surface area (Å²) in [6, 6.07) is 3.86. The third kappa shape index (κ3) is 3.50. The van der Waals surface area contributed by atoms with E-state index in [-0.39, 0.29) is 22.5 Å². The first-order valence-electron chi connectivity index (χ1n) is 6.10. The van der Waals surface area contributed by atoms with Crippen molar-refractivity contribution >= 4 is 11.6 Å². The summed E-state index contributed by atoms with van der Waals surface area (Å²) in [5.74, 6) is -1.17. The van der Waals surface area contributed by atoms with Crippen LogP contribution in [-0.4, -0.2) is 9.97 Å². The van der Waals surface area contributed by atoms with E-state index < -0.39 is 17.6 Å². The highest BCUT2D eigenvalue weighted by Crippen LogP contribution is 2.37. The molecule has 0 N–H and O–H groups in total. The van der Waals surface area contributed by atoms with E-state index in [1.165, 1.54) is 6.07 Å². The Hall–Kier alpha value is -1.69. The van der Waals surface area contributed by atoms with Gasteiger partial charge in [-0.1, -0.05) is 25.4 Å². The molecule has 2 rings (SSSR count). The maximum atomic E-state index is 13.1. The molecule has 0 atom stereocenters. The fourth-order valence-corrected chi connectivity index (χ4v) is 1.99. The van der Waals surface area contributed by atoms with Crippen molar-refractivity contribution in [3.63, 3.8) is 0 Å². The average Bonchev–Trinajstić information content (AvgIpc) is 2.36. The summed E-state index contributed by atoms with van der Waals surface area (Å²) >= 11 is 5.84. The predicted molar refractivity (Wildman–Crippen MR) is 71.5 cm³/mol. The van der Waals surface area contributed by atoms with E-state index in [0.717, 1.165) is 12.1 Å². The fourth-order valence-electron chi connectivity index (χ4n) is 1.80. The summed E-state index contributed by atoms with van der Waals surface area (Å²) < 4.78 is 52.2. The van der Waals surface area contributed by atoms with Crippen LogP contribution in [0.3, 0.4) is 0 Å². The minimum absolute atomic E-state index is 0.0287. The monoisotopic (exact) mass is 318 g/mol. The normalized spacial score (nSPS) is 12.0. The van der Waals surface area contributed by atoms with Gasteiger partial charge in [-0.05, 0) is 30.2 Å². The predicted octanol–water partition coefficient (Wildman–Crippen LogP) is 5.08. The lowest BCUT2D eigenvalue weighted by Gasteiger charge is -2.13. The number of aromatic nitrogens is 2. The molecule has 1 heterocycles. The summed E-state index contributed by atoms with van der Waals surface area (Å²) in [7, 11) is 0. The standard InChI is InChI=1S/C14H11ClF4N2/c1-7(2)11-6-12(15)21-13(20-11)9-4-3-8(16)5-10(9)14(17,18)19/h3-7H,1-2H3. The molecule has 112 valence electrons. The molecule has 0 bridgehead atoms. The molecular weight excluding hydrogens is 308 g/mol. The van der Waals surface area contributed by atoms with Gasteiger partial charge >= 0.3 is 6.18 Å². The Morgan fingerprint density at radius 1 is 1.10 bits per heavy atom. The van der Waals surface area contributed by atoms with Crippen molar-refractivity contribution in [2.45, 2.75) is 25.9 Å². The van der Waals surface area contributed by atoms with Crippen molar-refractivity contribution in [3.05, 3.63) is 46.5 Å². The van der Waals surface area contributed by atoms with E-state index in [9.17, 15) is 17.6 Å². The lowest BCUT2D eigenvalue weighted by Crippen LogP contribution is -2.09. The molecule has 0 aliphatic rings. The molecule has 0 unspecified atom stereocenters. The molecule has 2 aromatic rings. The van der Waals surface area contributed by atoms with Crippen LogP contribution in [0.1, 0.15) is 31.0 Å². The second-order valence-electron chi connectivity index (χ2n) is 4.78. The summed E-state index contributed by atoms with van der Waals surface area (Å²) in [4.78, 5) is 7.91. The summed E-state index contributed by atoms with van der Waals surface area (Å²) in [5.41, 5.74) is -0.907. The summed E-state index contributed by atoms with van der Waals surface area (Å²) in [6.45, 7) is 3.66. The van der Waals surface area contributed by atoms with E-state index in [1.54, 1.807) is 0 Å². The third-order valence-electron chi connectivity index (χ3n) is 2.83. The zero-order chi connectivity index (χ0) is 15.8. The molecule has 0 radical (unpaired) electrons. The first-order chi connectivity index (χ1) is 9.68. The third-order valence-corrected chi connectivity index (χ3v) is 3.03. The van der Waals surface area contributed by atoms with Gasteiger partial charge in [0.25, 0.3) is 0 Å². The van der Waals surface area contributed by atoms with E-state index in [0.29, 0.717) is 11.8 Å². The van der Waals surface area contributed by atoms with Gasteiger partial charge in [0, 0.05) is 11.3 Å². The van der Waals surface area contributed by atoms with Crippen molar-refractivity contribution in [1.29, 1.82) is 0 Å². The van der Waals surface area contributed by atoms with Gasteiger partial charge < -0.3 is 0 Å². The molecule has 7 heteroatoms. The van der Waals surface area contributed by atoms with Crippen LogP contribution in [0.4, 0.5) is 17.6 Å². The Labute approximate surface area is 123 Å². The quantitative estimate of drug-likeness (QED) is 0.570. The molecule has 2 nitrogen and oxygen atoms in total. The number of rotatable bonds is 2. The number of alkyl halides is 3. The van der Waals surface area contributed by atoms with Gasteiger partial charge in [-0.15, -0.1) is 0 Å². The maximum Gasteiger partial charge on any atom is 0.417 e. The first kappa shape index (κ1) is 15.7. The second-order valence-corrected chi connectivity index (χ2v) is 5.17. The molecule has 0 saturated heterocycles. The Morgan fingerprint density at radius 3 is 2.33 bits per heavy atom. The van der Waals surface area contributed by atoms with Crippen LogP contribution in [0, 0.1) is 5.82 Å². The molecule has 21 heavy (non-hydrogen) atoms.